The fraction of sp³-hybridized carbons (Fsp3) is 0.571. The quantitative estimate of drug-likeness (QED) is 0.808. The molecule has 0 radical (unpaired) electrons. The van der Waals surface area contributed by atoms with E-state index in [1.54, 1.807) is 13.1 Å². The Balaban J connectivity index is 2.61. The number of sulfonamides is 1. The van der Waals surface area contributed by atoms with Crippen LogP contribution in [-0.2, 0) is 10.0 Å². The van der Waals surface area contributed by atoms with Crippen molar-refractivity contribution in [3.05, 3.63) is 16.6 Å². The Morgan fingerprint density at radius 1 is 1.71 bits per heavy atom. The summed E-state index contributed by atoms with van der Waals surface area (Å²) in [6, 6.07) is -0.289. The number of nitrogens with zero attached hydrogens (tertiary/aromatic N) is 1. The van der Waals surface area contributed by atoms with Crippen LogP contribution in [-0.4, -0.2) is 25.0 Å². The largest absolute Gasteiger partial charge is 0.248 e. The van der Waals surface area contributed by atoms with E-state index in [1.165, 1.54) is 11.3 Å². The molecular formula is C7H11ClN2O2S2. The molecule has 0 fully saturated rings. The van der Waals surface area contributed by atoms with Gasteiger partial charge in [-0.05, 0) is 6.92 Å². The smallest absolute Gasteiger partial charge is 0.213 e. The Morgan fingerprint density at radius 2 is 2.43 bits per heavy atom. The summed E-state index contributed by atoms with van der Waals surface area (Å²) in [7, 11) is -3.27. The highest BCUT2D eigenvalue weighted by atomic mass is 35.5. The molecule has 1 rings (SSSR count). The lowest BCUT2D eigenvalue weighted by molar-refractivity contribution is 0.568. The number of halogens is 1. The molecule has 1 aromatic rings. The van der Waals surface area contributed by atoms with E-state index in [0.717, 1.165) is 5.01 Å². The molecule has 1 atom stereocenters. The van der Waals surface area contributed by atoms with Crippen LogP contribution in [0, 0.1) is 0 Å². The number of hydrogen-bond donors (Lipinski definition) is 1. The van der Waals surface area contributed by atoms with Crippen molar-refractivity contribution in [3.63, 3.8) is 0 Å². The second-order valence-electron chi connectivity index (χ2n) is 2.72. The van der Waals surface area contributed by atoms with E-state index >= 15 is 0 Å². The summed E-state index contributed by atoms with van der Waals surface area (Å²) in [5.41, 5.74) is 0. The third-order valence-corrected chi connectivity index (χ3v) is 4.35. The minimum Gasteiger partial charge on any atom is -0.248 e. The Hall–Kier alpha value is -0.170. The maximum absolute atomic E-state index is 11.3. The van der Waals surface area contributed by atoms with Crippen molar-refractivity contribution in [3.8, 4) is 0 Å². The van der Waals surface area contributed by atoms with E-state index in [0.29, 0.717) is 0 Å². The zero-order valence-corrected chi connectivity index (χ0v) is 9.99. The van der Waals surface area contributed by atoms with Crippen LogP contribution >= 0.6 is 22.9 Å². The Kier molecular flexibility index (Phi) is 4.31. The molecule has 1 heterocycles. The van der Waals surface area contributed by atoms with E-state index in [9.17, 15) is 8.42 Å². The van der Waals surface area contributed by atoms with Gasteiger partial charge in [0.15, 0.2) is 0 Å². The van der Waals surface area contributed by atoms with Crippen LogP contribution in [0.2, 0.25) is 0 Å². The van der Waals surface area contributed by atoms with Gasteiger partial charge >= 0.3 is 0 Å². The third-order valence-electron chi connectivity index (χ3n) is 1.52. The van der Waals surface area contributed by atoms with Crippen LogP contribution in [0.3, 0.4) is 0 Å². The molecule has 0 aliphatic carbocycles. The number of aromatic nitrogens is 1. The highest BCUT2D eigenvalue weighted by Gasteiger charge is 2.16. The third kappa shape index (κ3) is 3.53. The topological polar surface area (TPSA) is 59.1 Å². The molecule has 0 bridgehead atoms. The molecule has 7 heteroatoms. The lowest BCUT2D eigenvalue weighted by Gasteiger charge is -2.10. The summed E-state index contributed by atoms with van der Waals surface area (Å²) in [5.74, 6) is 0.0319. The highest BCUT2D eigenvalue weighted by Crippen LogP contribution is 2.15. The maximum atomic E-state index is 11.3. The fourth-order valence-corrected chi connectivity index (χ4v) is 3.23. The van der Waals surface area contributed by atoms with Crippen LogP contribution in [0.15, 0.2) is 11.6 Å². The van der Waals surface area contributed by atoms with E-state index in [1.807, 2.05) is 5.38 Å². The van der Waals surface area contributed by atoms with Gasteiger partial charge in [-0.15, -0.1) is 22.9 Å². The van der Waals surface area contributed by atoms with Gasteiger partial charge in [-0.25, -0.2) is 18.1 Å². The van der Waals surface area contributed by atoms with Gasteiger partial charge in [-0.2, -0.15) is 0 Å². The summed E-state index contributed by atoms with van der Waals surface area (Å²) < 4.78 is 25.1. The zero-order chi connectivity index (χ0) is 10.6. The maximum Gasteiger partial charge on any atom is 0.213 e. The standard InChI is InChI=1S/C7H11ClN2O2S2/c1-6(7-9-3-4-13-7)10-14(11,12)5-2-8/h3-4,6,10H,2,5H2,1H3. The average Bonchev–Trinajstić information content (AvgIpc) is 2.53. The molecular weight excluding hydrogens is 244 g/mol. The summed E-state index contributed by atoms with van der Waals surface area (Å²) in [4.78, 5) is 4.02. The van der Waals surface area contributed by atoms with E-state index in [-0.39, 0.29) is 17.7 Å². The molecule has 0 amide bonds. The molecule has 4 nitrogen and oxygen atoms in total. The number of thiazole rings is 1. The molecule has 80 valence electrons. The van der Waals surface area contributed by atoms with Gasteiger partial charge < -0.3 is 0 Å². The highest BCUT2D eigenvalue weighted by molar-refractivity contribution is 7.89. The van der Waals surface area contributed by atoms with Crippen LogP contribution in [0.5, 0.6) is 0 Å². The monoisotopic (exact) mass is 254 g/mol. The minimum atomic E-state index is -3.27. The van der Waals surface area contributed by atoms with Gasteiger partial charge in [0.1, 0.15) is 5.01 Å². The predicted octanol–water partition coefficient (Wildman–Crippen LogP) is 1.36. The molecule has 0 saturated heterocycles. The van der Waals surface area contributed by atoms with Crippen molar-refractivity contribution in [1.29, 1.82) is 0 Å². The van der Waals surface area contributed by atoms with Crippen molar-refractivity contribution < 1.29 is 8.42 Å². The molecule has 0 aliphatic heterocycles. The number of nitrogens with one attached hydrogen (secondary N) is 1. The van der Waals surface area contributed by atoms with Gasteiger partial charge in [0.25, 0.3) is 0 Å². The van der Waals surface area contributed by atoms with Crippen LogP contribution in [0.1, 0.15) is 18.0 Å². The van der Waals surface area contributed by atoms with Gasteiger partial charge in [-0.1, -0.05) is 0 Å². The second kappa shape index (κ2) is 5.06. The van der Waals surface area contributed by atoms with Crippen molar-refractivity contribution in [2.75, 3.05) is 11.6 Å². The number of hydrogen-bond acceptors (Lipinski definition) is 4. The Morgan fingerprint density at radius 3 is 2.93 bits per heavy atom. The van der Waals surface area contributed by atoms with E-state index in [4.69, 9.17) is 11.6 Å². The fourth-order valence-electron chi connectivity index (χ4n) is 0.929. The summed E-state index contributed by atoms with van der Waals surface area (Å²) in [5, 5.41) is 2.56. The van der Waals surface area contributed by atoms with Crippen molar-refractivity contribution in [2.45, 2.75) is 13.0 Å². The summed E-state index contributed by atoms with van der Waals surface area (Å²) in [6.45, 7) is 1.75. The van der Waals surface area contributed by atoms with Gasteiger partial charge in [0.2, 0.25) is 10.0 Å². The van der Waals surface area contributed by atoms with Crippen molar-refractivity contribution in [1.82, 2.24) is 9.71 Å². The number of alkyl halides is 1. The molecule has 14 heavy (non-hydrogen) atoms. The van der Waals surface area contributed by atoms with E-state index in [2.05, 4.69) is 9.71 Å². The molecule has 0 spiro atoms. The van der Waals surface area contributed by atoms with E-state index < -0.39 is 10.0 Å². The first-order chi connectivity index (χ1) is 6.55. The number of rotatable bonds is 5. The van der Waals surface area contributed by atoms with Crippen LogP contribution in [0.25, 0.3) is 0 Å². The van der Waals surface area contributed by atoms with Crippen molar-refractivity contribution in [2.24, 2.45) is 0 Å². The zero-order valence-electron chi connectivity index (χ0n) is 7.60. The molecule has 1 N–H and O–H groups in total. The van der Waals surface area contributed by atoms with Crippen LogP contribution < -0.4 is 4.72 Å². The first-order valence-electron chi connectivity index (χ1n) is 4.00. The normalized spacial score (nSPS) is 14.1. The molecule has 1 aromatic heterocycles. The van der Waals surface area contributed by atoms with Gasteiger partial charge in [0.05, 0.1) is 11.8 Å². The minimum absolute atomic E-state index is 0.0652. The second-order valence-corrected chi connectivity index (χ2v) is 5.90. The molecule has 0 aliphatic rings. The Labute approximate surface area is 92.4 Å². The molecule has 0 saturated carbocycles. The Bertz CT molecular complexity index is 363. The first kappa shape index (κ1) is 11.9. The SMILES string of the molecule is CC(NS(=O)(=O)CCCl)c1nccs1. The summed E-state index contributed by atoms with van der Waals surface area (Å²) in [6.07, 6.45) is 1.65. The average molecular weight is 255 g/mol. The molecule has 1 unspecified atom stereocenters. The lowest BCUT2D eigenvalue weighted by Crippen LogP contribution is -2.29. The van der Waals surface area contributed by atoms with Gasteiger partial charge in [-0.3, -0.25) is 0 Å². The van der Waals surface area contributed by atoms with Gasteiger partial charge in [0, 0.05) is 17.5 Å². The molecule has 0 aromatic carbocycles. The predicted molar refractivity (Wildman–Crippen MR) is 58.2 cm³/mol. The van der Waals surface area contributed by atoms with Crippen molar-refractivity contribution >= 4 is 33.0 Å². The summed E-state index contributed by atoms with van der Waals surface area (Å²) >= 11 is 6.78. The first-order valence-corrected chi connectivity index (χ1v) is 7.07. The lowest BCUT2D eigenvalue weighted by atomic mass is 10.4. The van der Waals surface area contributed by atoms with Crippen LogP contribution in [0.4, 0.5) is 0 Å².